The van der Waals surface area contributed by atoms with Gasteiger partial charge in [0, 0.05) is 12.6 Å². The predicted molar refractivity (Wildman–Crippen MR) is 112 cm³/mol. The Balaban J connectivity index is 2.14. The van der Waals surface area contributed by atoms with E-state index in [-0.39, 0.29) is 27.9 Å². The lowest BCUT2D eigenvalue weighted by Gasteiger charge is -2.22. The maximum atomic E-state index is 13.1. The summed E-state index contributed by atoms with van der Waals surface area (Å²) in [4.78, 5) is 0.178. The van der Waals surface area contributed by atoms with Crippen LogP contribution in [-0.2, 0) is 29.8 Å². The zero-order chi connectivity index (χ0) is 21.2. The molecule has 1 heterocycles. The van der Waals surface area contributed by atoms with Crippen molar-refractivity contribution < 1.29 is 21.6 Å². The number of hydrogen-bond donors (Lipinski definition) is 1. The van der Waals surface area contributed by atoms with Gasteiger partial charge >= 0.3 is 0 Å². The van der Waals surface area contributed by atoms with E-state index in [0.717, 1.165) is 5.56 Å². The highest BCUT2D eigenvalue weighted by Crippen LogP contribution is 2.28. The van der Waals surface area contributed by atoms with Crippen molar-refractivity contribution in [3.63, 3.8) is 0 Å². The molecule has 28 heavy (non-hydrogen) atoms. The standard InChI is InChI=1S/C20H33NO5S2/c1-15(2)26-12-6-11-21-18-13-27(22,23)14-19(18)28(24,25)17-9-7-16(8-10-17)20(3,4)5/h7-10,15,18-19,21H,6,11-14H2,1-5H3/t18-,19-/m0/s1. The van der Waals surface area contributed by atoms with Crippen molar-refractivity contribution in [1.29, 1.82) is 0 Å². The number of nitrogens with one attached hydrogen (secondary N) is 1. The van der Waals surface area contributed by atoms with E-state index in [4.69, 9.17) is 4.74 Å². The summed E-state index contributed by atoms with van der Waals surface area (Å²) in [5.41, 5.74) is 0.951. The third kappa shape index (κ3) is 6.02. The van der Waals surface area contributed by atoms with Gasteiger partial charge < -0.3 is 10.1 Å². The highest BCUT2D eigenvalue weighted by atomic mass is 32.2. The van der Waals surface area contributed by atoms with Crippen LogP contribution in [-0.4, -0.2) is 58.9 Å². The first-order valence-corrected chi connectivity index (χ1v) is 13.1. The van der Waals surface area contributed by atoms with Gasteiger partial charge in [-0.3, -0.25) is 0 Å². The van der Waals surface area contributed by atoms with Crippen molar-refractivity contribution in [3.8, 4) is 0 Å². The molecule has 1 aromatic rings. The van der Waals surface area contributed by atoms with Gasteiger partial charge in [0.2, 0.25) is 0 Å². The molecule has 0 spiro atoms. The Morgan fingerprint density at radius 3 is 2.29 bits per heavy atom. The third-order valence-corrected chi connectivity index (χ3v) is 9.09. The topological polar surface area (TPSA) is 89.5 Å². The minimum atomic E-state index is -3.75. The molecular formula is C20H33NO5S2. The normalized spacial score (nSPS) is 22.6. The molecule has 160 valence electrons. The summed E-state index contributed by atoms with van der Waals surface area (Å²) in [6.07, 6.45) is 0.831. The zero-order valence-corrected chi connectivity index (χ0v) is 19.1. The van der Waals surface area contributed by atoms with Crippen LogP contribution in [0, 0.1) is 0 Å². The summed E-state index contributed by atoms with van der Waals surface area (Å²) >= 11 is 0. The average molecular weight is 432 g/mol. The van der Waals surface area contributed by atoms with E-state index >= 15 is 0 Å². The molecule has 1 aliphatic rings. The quantitative estimate of drug-likeness (QED) is 0.636. The van der Waals surface area contributed by atoms with Crippen LogP contribution in [0.5, 0.6) is 0 Å². The Bertz CT molecular complexity index is 853. The summed E-state index contributed by atoms with van der Waals surface area (Å²) in [5, 5.41) is 2.17. The van der Waals surface area contributed by atoms with E-state index in [1.807, 2.05) is 26.0 Å². The summed E-state index contributed by atoms with van der Waals surface area (Å²) in [5.74, 6) is -0.488. The second kappa shape index (κ2) is 8.81. The molecule has 0 amide bonds. The second-order valence-electron chi connectivity index (χ2n) is 8.77. The van der Waals surface area contributed by atoms with E-state index in [9.17, 15) is 16.8 Å². The monoisotopic (exact) mass is 431 g/mol. The van der Waals surface area contributed by atoms with Crippen LogP contribution in [0.1, 0.15) is 46.6 Å². The molecule has 0 bridgehead atoms. The average Bonchev–Trinajstić information content (AvgIpc) is 2.89. The first-order chi connectivity index (χ1) is 12.8. The van der Waals surface area contributed by atoms with Gasteiger partial charge in [-0.25, -0.2) is 16.8 Å². The molecular weight excluding hydrogens is 398 g/mol. The Morgan fingerprint density at radius 2 is 1.75 bits per heavy atom. The Kier molecular flexibility index (Phi) is 7.34. The van der Waals surface area contributed by atoms with Crippen LogP contribution in [0.15, 0.2) is 29.2 Å². The van der Waals surface area contributed by atoms with E-state index in [1.54, 1.807) is 12.1 Å². The fourth-order valence-electron chi connectivity index (χ4n) is 3.31. The Labute approximate surface area is 169 Å². The molecule has 8 heteroatoms. The van der Waals surface area contributed by atoms with Crippen molar-refractivity contribution in [3.05, 3.63) is 29.8 Å². The lowest BCUT2D eigenvalue weighted by atomic mass is 9.87. The number of ether oxygens (including phenoxy) is 1. The number of rotatable bonds is 8. The maximum Gasteiger partial charge on any atom is 0.183 e. The molecule has 0 aliphatic carbocycles. The van der Waals surface area contributed by atoms with E-state index in [2.05, 4.69) is 26.1 Å². The second-order valence-corrected chi connectivity index (χ2v) is 13.1. The smallest absolute Gasteiger partial charge is 0.183 e. The molecule has 2 rings (SSSR count). The van der Waals surface area contributed by atoms with Gasteiger partial charge in [-0.2, -0.15) is 0 Å². The molecule has 2 atom stereocenters. The van der Waals surface area contributed by atoms with Gasteiger partial charge in [-0.15, -0.1) is 0 Å². The lowest BCUT2D eigenvalue weighted by molar-refractivity contribution is 0.0768. The summed E-state index contributed by atoms with van der Waals surface area (Å²) in [7, 11) is -7.15. The van der Waals surface area contributed by atoms with E-state index in [0.29, 0.717) is 19.6 Å². The van der Waals surface area contributed by atoms with Crippen LogP contribution in [0.2, 0.25) is 0 Å². The van der Waals surface area contributed by atoms with Gasteiger partial charge in [0.15, 0.2) is 19.7 Å². The van der Waals surface area contributed by atoms with E-state index < -0.39 is 31.0 Å². The molecule has 1 aromatic carbocycles. The maximum absolute atomic E-state index is 13.1. The van der Waals surface area contributed by atoms with Gasteiger partial charge in [-0.05, 0) is 49.9 Å². The molecule has 0 unspecified atom stereocenters. The van der Waals surface area contributed by atoms with Crippen LogP contribution < -0.4 is 5.32 Å². The van der Waals surface area contributed by atoms with E-state index in [1.165, 1.54) is 0 Å². The Hall–Kier alpha value is -0.960. The van der Waals surface area contributed by atoms with Crippen LogP contribution >= 0.6 is 0 Å². The number of sulfone groups is 2. The fraction of sp³-hybridized carbons (Fsp3) is 0.700. The minimum Gasteiger partial charge on any atom is -0.379 e. The van der Waals surface area contributed by atoms with Gasteiger partial charge in [0.05, 0.1) is 27.8 Å². The van der Waals surface area contributed by atoms with Gasteiger partial charge in [0.1, 0.15) is 0 Å². The summed E-state index contributed by atoms with van der Waals surface area (Å²) in [6.45, 7) is 11.1. The summed E-state index contributed by atoms with van der Waals surface area (Å²) < 4.78 is 56.1. The molecule has 6 nitrogen and oxygen atoms in total. The van der Waals surface area contributed by atoms with Gasteiger partial charge in [-0.1, -0.05) is 32.9 Å². The molecule has 1 aliphatic heterocycles. The van der Waals surface area contributed by atoms with Crippen molar-refractivity contribution >= 4 is 19.7 Å². The van der Waals surface area contributed by atoms with Crippen molar-refractivity contribution in [2.75, 3.05) is 24.7 Å². The fourth-order valence-corrected chi connectivity index (χ4v) is 8.03. The summed E-state index contributed by atoms with van der Waals surface area (Å²) in [6, 6.07) is 6.20. The third-order valence-electron chi connectivity index (χ3n) is 4.93. The molecule has 0 saturated carbocycles. The van der Waals surface area contributed by atoms with Crippen LogP contribution in [0.25, 0.3) is 0 Å². The largest absolute Gasteiger partial charge is 0.379 e. The minimum absolute atomic E-state index is 0.0822. The van der Waals surface area contributed by atoms with Crippen LogP contribution in [0.4, 0.5) is 0 Å². The number of benzene rings is 1. The van der Waals surface area contributed by atoms with Crippen molar-refractivity contribution in [2.24, 2.45) is 0 Å². The highest BCUT2D eigenvalue weighted by molar-refractivity contribution is 7.96. The molecule has 1 N–H and O–H groups in total. The molecule has 0 radical (unpaired) electrons. The molecule has 1 saturated heterocycles. The highest BCUT2D eigenvalue weighted by Gasteiger charge is 2.45. The lowest BCUT2D eigenvalue weighted by Crippen LogP contribution is -2.43. The van der Waals surface area contributed by atoms with Gasteiger partial charge in [0.25, 0.3) is 0 Å². The first-order valence-electron chi connectivity index (χ1n) is 9.73. The predicted octanol–water partition coefficient (Wildman–Crippen LogP) is 2.33. The SMILES string of the molecule is CC(C)OCCCN[C@H]1CS(=O)(=O)C[C@@H]1S(=O)(=O)c1ccc(C(C)(C)C)cc1. The molecule has 0 aromatic heterocycles. The Morgan fingerprint density at radius 1 is 1.14 bits per heavy atom. The number of hydrogen-bond acceptors (Lipinski definition) is 6. The zero-order valence-electron chi connectivity index (χ0n) is 17.4. The first kappa shape index (κ1) is 23.3. The van der Waals surface area contributed by atoms with Crippen LogP contribution in [0.3, 0.4) is 0 Å². The van der Waals surface area contributed by atoms with Crippen molar-refractivity contribution in [2.45, 2.75) is 68.7 Å². The molecule has 1 fully saturated rings. The van der Waals surface area contributed by atoms with Crippen molar-refractivity contribution in [1.82, 2.24) is 5.32 Å².